The van der Waals surface area contributed by atoms with Gasteiger partial charge in [-0.05, 0) is 64.1 Å². The van der Waals surface area contributed by atoms with Crippen molar-refractivity contribution in [2.45, 2.75) is 12.8 Å². The van der Waals surface area contributed by atoms with E-state index in [1.165, 1.54) is 60.1 Å². The highest BCUT2D eigenvalue weighted by Gasteiger charge is 2.17. The van der Waals surface area contributed by atoms with Crippen molar-refractivity contribution >= 4 is 59.1 Å². The van der Waals surface area contributed by atoms with Crippen molar-refractivity contribution < 1.29 is 0 Å². The van der Waals surface area contributed by atoms with E-state index in [4.69, 9.17) is 0 Å². The smallest absolute Gasteiger partial charge is 0.0361 e. The van der Waals surface area contributed by atoms with E-state index < -0.39 is 0 Å². The Morgan fingerprint density at radius 3 is 2.50 bits per heavy atom. The molecule has 0 unspecified atom stereocenters. The van der Waals surface area contributed by atoms with Gasteiger partial charge in [0.15, 0.2) is 0 Å². The summed E-state index contributed by atoms with van der Waals surface area (Å²) in [4.78, 5) is 0. The largest absolute Gasteiger partial charge is 0.135 e. The van der Waals surface area contributed by atoms with Crippen molar-refractivity contribution in [2.75, 3.05) is 0 Å². The third kappa shape index (κ3) is 2.21. The molecule has 26 heavy (non-hydrogen) atoms. The molecule has 1 aliphatic rings. The minimum absolute atomic E-state index is 0.822. The first-order chi connectivity index (χ1) is 12.9. The first kappa shape index (κ1) is 14.5. The van der Waals surface area contributed by atoms with Crippen molar-refractivity contribution in [3.05, 3.63) is 78.4 Å². The third-order valence-corrected chi connectivity index (χ3v) is 6.70. The fourth-order valence-electron chi connectivity index (χ4n) is 4.03. The van der Waals surface area contributed by atoms with Crippen LogP contribution in [0.25, 0.3) is 47.8 Å². The van der Waals surface area contributed by atoms with Crippen molar-refractivity contribution in [2.24, 2.45) is 5.92 Å². The minimum Gasteiger partial charge on any atom is -0.135 e. The Hall–Kier alpha value is -2.64. The highest BCUT2D eigenvalue weighted by molar-refractivity contribution is 7.26. The van der Waals surface area contributed by atoms with Gasteiger partial charge < -0.3 is 0 Å². The summed E-state index contributed by atoms with van der Waals surface area (Å²) in [6, 6.07) is 24.8. The SMILES string of the molecule is C(=C\C1CC1)/c1ccc2c(ccc3c2ccc2sc4ccccc4c23)c1. The van der Waals surface area contributed by atoms with Crippen LogP contribution in [0.1, 0.15) is 18.4 Å². The summed E-state index contributed by atoms with van der Waals surface area (Å²) < 4.78 is 2.75. The van der Waals surface area contributed by atoms with E-state index in [1.807, 2.05) is 11.3 Å². The van der Waals surface area contributed by atoms with Crippen molar-refractivity contribution in [1.82, 2.24) is 0 Å². The van der Waals surface area contributed by atoms with Gasteiger partial charge in [0.1, 0.15) is 0 Å². The van der Waals surface area contributed by atoms with Gasteiger partial charge in [0.2, 0.25) is 0 Å². The second-order valence-corrected chi connectivity index (χ2v) is 8.46. The molecule has 0 N–H and O–H groups in total. The lowest BCUT2D eigenvalue weighted by molar-refractivity contribution is 1.13. The van der Waals surface area contributed by atoms with Gasteiger partial charge in [0.05, 0.1) is 0 Å². The quantitative estimate of drug-likeness (QED) is 0.285. The molecule has 4 aromatic carbocycles. The van der Waals surface area contributed by atoms with Gasteiger partial charge in [-0.2, -0.15) is 0 Å². The Kier molecular flexibility index (Phi) is 3.03. The average Bonchev–Trinajstić information content (AvgIpc) is 3.43. The van der Waals surface area contributed by atoms with Crippen LogP contribution in [0.15, 0.2) is 72.8 Å². The zero-order valence-corrected chi connectivity index (χ0v) is 15.2. The summed E-state index contributed by atoms with van der Waals surface area (Å²) in [5.41, 5.74) is 1.31. The van der Waals surface area contributed by atoms with Crippen LogP contribution in [-0.2, 0) is 0 Å². The summed E-state index contributed by atoms with van der Waals surface area (Å²) >= 11 is 1.89. The molecule has 1 aromatic heterocycles. The molecule has 0 spiro atoms. The molecule has 6 rings (SSSR count). The molecule has 1 aliphatic carbocycles. The number of allylic oxidation sites excluding steroid dienone is 1. The van der Waals surface area contributed by atoms with Crippen LogP contribution >= 0.6 is 11.3 Å². The number of benzene rings is 4. The van der Waals surface area contributed by atoms with Gasteiger partial charge in [-0.1, -0.05) is 60.7 Å². The molecule has 1 heteroatoms. The molecule has 0 radical (unpaired) electrons. The summed E-state index contributed by atoms with van der Waals surface area (Å²) in [7, 11) is 0. The average molecular weight is 350 g/mol. The predicted molar refractivity (Wildman–Crippen MR) is 116 cm³/mol. The van der Waals surface area contributed by atoms with Gasteiger partial charge in [0.25, 0.3) is 0 Å². The molecule has 0 bridgehead atoms. The van der Waals surface area contributed by atoms with Gasteiger partial charge in [-0.25, -0.2) is 0 Å². The molecule has 0 nitrogen and oxygen atoms in total. The van der Waals surface area contributed by atoms with E-state index in [0.717, 1.165) is 5.92 Å². The van der Waals surface area contributed by atoms with Crippen LogP contribution in [0.3, 0.4) is 0 Å². The van der Waals surface area contributed by atoms with Gasteiger partial charge >= 0.3 is 0 Å². The molecule has 0 amide bonds. The first-order valence-electron chi connectivity index (χ1n) is 9.32. The standard InChI is InChI=1S/C25H18S/c1-2-4-23-22(3-1)25-21-12-10-18-15-17(8-7-16-5-6-16)9-11-19(18)20(21)13-14-24(25)26-23/h1-4,7-16H,5-6H2/b8-7+. The van der Waals surface area contributed by atoms with Crippen molar-refractivity contribution in [3.8, 4) is 0 Å². The molecule has 1 fully saturated rings. The van der Waals surface area contributed by atoms with Crippen LogP contribution in [0.4, 0.5) is 0 Å². The molecule has 5 aromatic rings. The van der Waals surface area contributed by atoms with Crippen LogP contribution in [0, 0.1) is 5.92 Å². The van der Waals surface area contributed by atoms with E-state index in [2.05, 4.69) is 78.9 Å². The summed E-state index contributed by atoms with van der Waals surface area (Å²) in [6.45, 7) is 0. The maximum Gasteiger partial charge on any atom is 0.0361 e. The molecule has 1 saturated carbocycles. The van der Waals surface area contributed by atoms with Gasteiger partial charge in [0, 0.05) is 20.2 Å². The molecular weight excluding hydrogens is 332 g/mol. The molecular formula is C25H18S. The second kappa shape index (κ2) is 5.43. The maximum absolute atomic E-state index is 2.36. The third-order valence-electron chi connectivity index (χ3n) is 5.56. The van der Waals surface area contributed by atoms with Gasteiger partial charge in [-0.3, -0.25) is 0 Å². The Balaban J connectivity index is 1.63. The monoisotopic (exact) mass is 350 g/mol. The molecule has 1 heterocycles. The number of hydrogen-bond donors (Lipinski definition) is 0. The molecule has 0 aliphatic heterocycles. The zero-order chi connectivity index (χ0) is 17.1. The Bertz CT molecular complexity index is 1330. The highest BCUT2D eigenvalue weighted by atomic mass is 32.1. The van der Waals surface area contributed by atoms with Crippen molar-refractivity contribution in [1.29, 1.82) is 0 Å². The number of thiophene rings is 1. The first-order valence-corrected chi connectivity index (χ1v) is 10.1. The van der Waals surface area contributed by atoms with Crippen LogP contribution < -0.4 is 0 Å². The van der Waals surface area contributed by atoms with Crippen LogP contribution in [-0.4, -0.2) is 0 Å². The van der Waals surface area contributed by atoms with E-state index in [9.17, 15) is 0 Å². The van der Waals surface area contributed by atoms with Crippen molar-refractivity contribution in [3.63, 3.8) is 0 Å². The lowest BCUT2D eigenvalue weighted by Crippen LogP contribution is -1.81. The minimum atomic E-state index is 0.822. The predicted octanol–water partition coefficient (Wildman–Crippen LogP) is 7.78. The number of rotatable bonds is 2. The van der Waals surface area contributed by atoms with E-state index >= 15 is 0 Å². The number of hydrogen-bond acceptors (Lipinski definition) is 1. The summed E-state index contributed by atoms with van der Waals surface area (Å²) in [5.74, 6) is 0.822. The zero-order valence-electron chi connectivity index (χ0n) is 14.4. The van der Waals surface area contributed by atoms with Gasteiger partial charge in [-0.15, -0.1) is 11.3 Å². The fraction of sp³-hybridized carbons (Fsp3) is 0.120. The topological polar surface area (TPSA) is 0 Å². The van der Waals surface area contributed by atoms with Crippen LogP contribution in [0.2, 0.25) is 0 Å². The van der Waals surface area contributed by atoms with E-state index in [0.29, 0.717) is 0 Å². The lowest BCUT2D eigenvalue weighted by Gasteiger charge is -2.07. The van der Waals surface area contributed by atoms with E-state index in [-0.39, 0.29) is 0 Å². The second-order valence-electron chi connectivity index (χ2n) is 7.37. The molecule has 0 saturated heterocycles. The van der Waals surface area contributed by atoms with Crippen LogP contribution in [0.5, 0.6) is 0 Å². The summed E-state index contributed by atoms with van der Waals surface area (Å²) in [6.07, 6.45) is 7.37. The highest BCUT2D eigenvalue weighted by Crippen LogP contribution is 2.40. The number of fused-ring (bicyclic) bond motifs is 7. The normalized spacial score (nSPS) is 15.1. The Labute approximate surface area is 156 Å². The summed E-state index contributed by atoms with van der Waals surface area (Å²) in [5, 5.41) is 8.19. The van der Waals surface area contributed by atoms with E-state index in [1.54, 1.807) is 0 Å². The lowest BCUT2D eigenvalue weighted by atomic mass is 9.97. The molecule has 0 atom stereocenters. The Morgan fingerprint density at radius 2 is 1.58 bits per heavy atom. The molecule has 124 valence electrons. The maximum atomic E-state index is 2.36. The Morgan fingerprint density at radius 1 is 0.731 bits per heavy atom. The fourth-order valence-corrected chi connectivity index (χ4v) is 5.15.